The lowest BCUT2D eigenvalue weighted by molar-refractivity contribution is 0.102. The summed E-state index contributed by atoms with van der Waals surface area (Å²) in [6.07, 6.45) is 0. The predicted molar refractivity (Wildman–Crippen MR) is 212 cm³/mol. The number of fused-ring (bicyclic) bond motifs is 3. The van der Waals surface area contributed by atoms with Gasteiger partial charge in [0.25, 0.3) is 48.1 Å². The highest BCUT2D eigenvalue weighted by Gasteiger charge is 2.20. The van der Waals surface area contributed by atoms with E-state index in [0.717, 1.165) is 0 Å². The van der Waals surface area contributed by atoms with E-state index in [1.54, 1.807) is 30.3 Å². The van der Waals surface area contributed by atoms with Gasteiger partial charge in [-0.2, -0.15) is 25.3 Å². The first-order chi connectivity index (χ1) is 26.8. The molecule has 288 valence electrons. The molecule has 0 atom stereocenters. The van der Waals surface area contributed by atoms with Crippen LogP contribution >= 0.6 is 0 Å². The number of anilines is 3. The van der Waals surface area contributed by atoms with Crippen molar-refractivity contribution in [2.24, 2.45) is 0 Å². The first-order valence-corrected chi connectivity index (χ1v) is 20.8. The van der Waals surface area contributed by atoms with Gasteiger partial charge >= 0.3 is 0 Å². The van der Waals surface area contributed by atoms with Crippen molar-refractivity contribution in [3.8, 4) is 0 Å². The molecule has 0 fully saturated rings. The SMILES string of the molecule is O=C(Nc1ccc2cc(S(=O)(=O)O)ccc2c1)c1cc(C(=O)Nc2ccc3cc(S(=O)(=O)O)ccc3c2)cc(C(=O)Nc2cccc3cc(S(=O)(=O)O)ccc23)c1. The van der Waals surface area contributed by atoms with Crippen LogP contribution in [0.15, 0.2) is 142 Å². The quantitative estimate of drug-likeness (QED) is 0.0838. The lowest BCUT2D eigenvalue weighted by atomic mass is 10.0. The van der Waals surface area contributed by atoms with Crippen molar-refractivity contribution in [1.82, 2.24) is 0 Å². The maximum atomic E-state index is 13.8. The van der Waals surface area contributed by atoms with Crippen LogP contribution in [0.2, 0.25) is 0 Å². The van der Waals surface area contributed by atoms with Crippen molar-refractivity contribution < 1.29 is 53.3 Å². The molecule has 0 bridgehead atoms. The molecule has 7 aromatic carbocycles. The Bertz CT molecular complexity index is 3060. The minimum absolute atomic E-state index is 0.110. The largest absolute Gasteiger partial charge is 0.322 e. The number of rotatable bonds is 9. The maximum absolute atomic E-state index is 13.8. The van der Waals surface area contributed by atoms with E-state index in [2.05, 4.69) is 16.0 Å². The molecule has 0 aliphatic carbocycles. The van der Waals surface area contributed by atoms with Gasteiger partial charge < -0.3 is 16.0 Å². The van der Waals surface area contributed by atoms with Crippen LogP contribution in [0.4, 0.5) is 17.1 Å². The lowest BCUT2D eigenvalue weighted by Crippen LogP contribution is -2.19. The van der Waals surface area contributed by atoms with Gasteiger partial charge in [0.05, 0.1) is 14.7 Å². The molecule has 6 N–H and O–H groups in total. The van der Waals surface area contributed by atoms with Gasteiger partial charge in [0.1, 0.15) is 0 Å². The number of nitrogens with one attached hydrogen (secondary N) is 3. The van der Waals surface area contributed by atoms with E-state index < -0.39 is 48.1 Å². The first kappa shape index (κ1) is 38.7. The second kappa shape index (κ2) is 14.5. The molecule has 18 heteroatoms. The lowest BCUT2D eigenvalue weighted by Gasteiger charge is -2.13. The van der Waals surface area contributed by atoms with Gasteiger partial charge in [-0.05, 0) is 112 Å². The molecule has 57 heavy (non-hydrogen) atoms. The van der Waals surface area contributed by atoms with Crippen LogP contribution in [0.5, 0.6) is 0 Å². The Kier molecular flexibility index (Phi) is 9.86. The Hall–Kier alpha value is -6.54. The molecule has 0 saturated carbocycles. The Labute approximate surface area is 324 Å². The summed E-state index contributed by atoms with van der Waals surface area (Å²) < 4.78 is 98.0. The Morgan fingerprint density at radius 2 is 0.754 bits per heavy atom. The van der Waals surface area contributed by atoms with Gasteiger partial charge in [-0.15, -0.1) is 0 Å². The zero-order valence-electron chi connectivity index (χ0n) is 28.9. The molecule has 15 nitrogen and oxygen atoms in total. The van der Waals surface area contributed by atoms with E-state index in [0.29, 0.717) is 32.3 Å². The molecule has 7 rings (SSSR count). The summed E-state index contributed by atoms with van der Waals surface area (Å²) in [7, 11) is -13.4. The van der Waals surface area contributed by atoms with Crippen molar-refractivity contribution >= 4 is 97.5 Å². The molecule has 3 amide bonds. The summed E-state index contributed by atoms with van der Waals surface area (Å²) >= 11 is 0. The molecule has 0 aromatic heterocycles. The second-order valence-corrected chi connectivity index (χ2v) is 17.0. The standard InChI is InChI=1S/C39H27N3O12S3/c43-37(40-30-8-4-24-19-32(55(46,47)48)10-6-22(24)17-30)27-14-28(38(44)41-31-9-5-25-20-33(56(49,50)51)11-7-23(25)18-31)16-29(15-27)39(45)42-36-3-1-2-26-21-34(57(52,53)54)12-13-35(26)36/h1-21H,(H,40,43)(H,41,44)(H,42,45)(H,46,47,48)(H,49,50,51)(H,52,53,54). The number of benzene rings is 7. The van der Waals surface area contributed by atoms with E-state index in [4.69, 9.17) is 0 Å². The van der Waals surface area contributed by atoms with Crippen molar-refractivity contribution in [1.29, 1.82) is 0 Å². The summed E-state index contributed by atoms with van der Waals surface area (Å²) in [5.41, 5.74) is 0.472. The second-order valence-electron chi connectivity index (χ2n) is 12.7. The van der Waals surface area contributed by atoms with Gasteiger partial charge in [-0.1, -0.05) is 42.5 Å². The van der Waals surface area contributed by atoms with Crippen molar-refractivity contribution in [2.75, 3.05) is 16.0 Å². The predicted octanol–water partition coefficient (Wildman–Crippen LogP) is 6.64. The molecule has 0 saturated heterocycles. The minimum atomic E-state index is -4.51. The summed E-state index contributed by atoms with van der Waals surface area (Å²) in [5, 5.41) is 10.9. The third-order valence-electron chi connectivity index (χ3n) is 8.85. The first-order valence-electron chi connectivity index (χ1n) is 16.4. The van der Waals surface area contributed by atoms with Gasteiger partial charge in [0.2, 0.25) is 0 Å². The highest BCUT2D eigenvalue weighted by Crippen LogP contribution is 2.28. The van der Waals surface area contributed by atoms with E-state index in [-0.39, 0.29) is 48.4 Å². The molecular weight excluding hydrogens is 799 g/mol. The Balaban J connectivity index is 1.22. The van der Waals surface area contributed by atoms with Crippen molar-refractivity contribution in [2.45, 2.75) is 14.7 Å². The van der Waals surface area contributed by atoms with Crippen molar-refractivity contribution in [3.63, 3.8) is 0 Å². The fraction of sp³-hybridized carbons (Fsp3) is 0. The molecule has 0 heterocycles. The normalized spacial score (nSPS) is 12.1. The smallest absolute Gasteiger partial charge is 0.294 e. The van der Waals surface area contributed by atoms with Crippen molar-refractivity contribution in [3.05, 3.63) is 144 Å². The van der Waals surface area contributed by atoms with Gasteiger partial charge in [-0.25, -0.2) is 0 Å². The van der Waals surface area contributed by atoms with Crippen LogP contribution in [0.3, 0.4) is 0 Å². The average molecular weight is 826 g/mol. The van der Waals surface area contributed by atoms with E-state index in [1.807, 2.05) is 0 Å². The zero-order valence-corrected chi connectivity index (χ0v) is 31.3. The van der Waals surface area contributed by atoms with E-state index >= 15 is 0 Å². The highest BCUT2D eigenvalue weighted by molar-refractivity contribution is 7.86. The monoisotopic (exact) mass is 825 g/mol. The third-order valence-corrected chi connectivity index (χ3v) is 11.4. The number of carbonyl (C=O) groups excluding carboxylic acids is 3. The van der Waals surface area contributed by atoms with Crippen LogP contribution in [0.1, 0.15) is 31.1 Å². The fourth-order valence-electron chi connectivity index (χ4n) is 6.08. The van der Waals surface area contributed by atoms with E-state index in [9.17, 15) is 53.3 Å². The summed E-state index contributed by atoms with van der Waals surface area (Å²) in [6, 6.07) is 29.2. The van der Waals surface area contributed by atoms with Crippen LogP contribution in [-0.4, -0.2) is 56.6 Å². The number of carbonyl (C=O) groups is 3. The third kappa shape index (κ3) is 8.50. The highest BCUT2D eigenvalue weighted by atomic mass is 32.2. The Morgan fingerprint density at radius 3 is 1.19 bits per heavy atom. The minimum Gasteiger partial charge on any atom is -0.322 e. The van der Waals surface area contributed by atoms with Crippen LogP contribution in [0.25, 0.3) is 32.3 Å². The van der Waals surface area contributed by atoms with Gasteiger partial charge in [0.15, 0.2) is 0 Å². The van der Waals surface area contributed by atoms with Crippen LogP contribution < -0.4 is 16.0 Å². The molecule has 0 radical (unpaired) electrons. The fourth-order valence-corrected chi connectivity index (χ4v) is 7.62. The summed E-state index contributed by atoms with van der Waals surface area (Å²) in [6.45, 7) is 0. The number of amides is 3. The Morgan fingerprint density at radius 1 is 0.386 bits per heavy atom. The molecule has 7 aromatic rings. The zero-order chi connectivity index (χ0) is 40.9. The molecule has 0 aliphatic heterocycles. The average Bonchev–Trinajstić information content (AvgIpc) is 3.16. The molecule has 0 unspecified atom stereocenters. The number of hydrogen-bond donors (Lipinski definition) is 6. The van der Waals surface area contributed by atoms with Gasteiger partial charge in [-0.3, -0.25) is 28.0 Å². The van der Waals surface area contributed by atoms with Crippen LogP contribution in [-0.2, 0) is 30.4 Å². The molecule has 0 spiro atoms. The summed E-state index contributed by atoms with van der Waals surface area (Å²) in [5.74, 6) is -2.20. The molecule has 0 aliphatic rings. The van der Waals surface area contributed by atoms with Crippen LogP contribution in [0, 0.1) is 0 Å². The molecular formula is C39H27N3O12S3. The van der Waals surface area contributed by atoms with Gasteiger partial charge in [0, 0.05) is 39.1 Å². The summed E-state index contributed by atoms with van der Waals surface area (Å²) in [4.78, 5) is 40.3. The maximum Gasteiger partial charge on any atom is 0.294 e. The number of hydrogen-bond acceptors (Lipinski definition) is 9. The topological polar surface area (TPSA) is 250 Å². The van der Waals surface area contributed by atoms with E-state index in [1.165, 1.54) is 97.1 Å².